The highest BCUT2D eigenvalue weighted by atomic mass is 16.6. The SMILES string of the molecule is Cc1cc(C)c(NC(=O)CN2CCN(C(=O)C3COc4ccccc4O3)CC2)c(C)c1. The van der Waals surface area contributed by atoms with E-state index < -0.39 is 6.10 Å². The number of ether oxygens (including phenoxy) is 2. The Morgan fingerprint density at radius 2 is 1.65 bits per heavy atom. The minimum Gasteiger partial charge on any atom is -0.485 e. The van der Waals surface area contributed by atoms with Gasteiger partial charge in [0, 0.05) is 31.9 Å². The first-order chi connectivity index (χ1) is 14.9. The molecule has 0 aliphatic carbocycles. The first kappa shape index (κ1) is 21.2. The van der Waals surface area contributed by atoms with Crippen LogP contribution in [0.15, 0.2) is 36.4 Å². The topological polar surface area (TPSA) is 71.1 Å². The molecule has 2 heterocycles. The Morgan fingerprint density at radius 1 is 1.00 bits per heavy atom. The summed E-state index contributed by atoms with van der Waals surface area (Å²) in [5.74, 6) is 1.17. The molecule has 1 saturated heterocycles. The second-order valence-electron chi connectivity index (χ2n) is 8.29. The van der Waals surface area contributed by atoms with Gasteiger partial charge in [-0.2, -0.15) is 0 Å². The number of hydrogen-bond acceptors (Lipinski definition) is 5. The average Bonchev–Trinajstić information content (AvgIpc) is 2.76. The van der Waals surface area contributed by atoms with Gasteiger partial charge in [0.15, 0.2) is 11.5 Å². The highest BCUT2D eigenvalue weighted by Gasteiger charge is 2.32. The van der Waals surface area contributed by atoms with Crippen LogP contribution in [0.5, 0.6) is 11.5 Å². The van der Waals surface area contributed by atoms with Crippen molar-refractivity contribution in [3.8, 4) is 11.5 Å². The fourth-order valence-corrected chi connectivity index (χ4v) is 4.23. The van der Waals surface area contributed by atoms with Gasteiger partial charge in [-0.05, 0) is 44.0 Å². The van der Waals surface area contributed by atoms with Crippen molar-refractivity contribution in [1.29, 1.82) is 0 Å². The zero-order valence-corrected chi connectivity index (χ0v) is 18.3. The Kier molecular flexibility index (Phi) is 6.13. The minimum atomic E-state index is -0.628. The van der Waals surface area contributed by atoms with Crippen LogP contribution in [0.25, 0.3) is 0 Å². The van der Waals surface area contributed by atoms with Gasteiger partial charge in [0.2, 0.25) is 12.0 Å². The zero-order valence-electron chi connectivity index (χ0n) is 18.3. The fourth-order valence-electron chi connectivity index (χ4n) is 4.23. The smallest absolute Gasteiger partial charge is 0.267 e. The summed E-state index contributed by atoms with van der Waals surface area (Å²) in [4.78, 5) is 29.3. The number of para-hydroxylation sites is 2. The summed E-state index contributed by atoms with van der Waals surface area (Å²) in [6.45, 7) is 9.02. The van der Waals surface area contributed by atoms with E-state index in [2.05, 4.69) is 29.3 Å². The van der Waals surface area contributed by atoms with Gasteiger partial charge >= 0.3 is 0 Å². The number of hydrogen-bond donors (Lipinski definition) is 1. The quantitative estimate of drug-likeness (QED) is 0.818. The number of fused-ring (bicyclic) bond motifs is 1. The number of piperazine rings is 1. The van der Waals surface area contributed by atoms with E-state index in [1.807, 2.05) is 38.1 Å². The van der Waals surface area contributed by atoms with Crippen molar-refractivity contribution in [2.75, 3.05) is 44.6 Å². The molecular formula is C24H29N3O4. The fraction of sp³-hybridized carbons (Fsp3) is 0.417. The van der Waals surface area contributed by atoms with E-state index in [1.165, 1.54) is 5.56 Å². The number of nitrogens with zero attached hydrogens (tertiary/aromatic N) is 2. The number of nitrogens with one attached hydrogen (secondary N) is 1. The molecule has 7 nitrogen and oxygen atoms in total. The first-order valence-corrected chi connectivity index (χ1v) is 10.7. The zero-order chi connectivity index (χ0) is 22.0. The van der Waals surface area contributed by atoms with Gasteiger partial charge in [0.05, 0.1) is 6.54 Å². The molecule has 0 spiro atoms. The molecule has 4 rings (SSSR count). The summed E-state index contributed by atoms with van der Waals surface area (Å²) in [5.41, 5.74) is 4.21. The Morgan fingerprint density at radius 3 is 2.32 bits per heavy atom. The van der Waals surface area contributed by atoms with Gasteiger partial charge in [-0.25, -0.2) is 0 Å². The molecule has 2 amide bonds. The summed E-state index contributed by atoms with van der Waals surface area (Å²) < 4.78 is 11.5. The standard InChI is InChI=1S/C24H29N3O4/c1-16-12-17(2)23(18(3)13-16)25-22(28)14-26-8-10-27(11-9-26)24(29)21-15-30-19-6-4-5-7-20(19)31-21/h4-7,12-13,21H,8-11,14-15H2,1-3H3,(H,25,28). The molecule has 7 heteroatoms. The second-order valence-corrected chi connectivity index (χ2v) is 8.29. The van der Waals surface area contributed by atoms with Gasteiger partial charge in [-0.15, -0.1) is 0 Å². The van der Waals surface area contributed by atoms with E-state index in [-0.39, 0.29) is 18.4 Å². The van der Waals surface area contributed by atoms with Crippen LogP contribution in [0.2, 0.25) is 0 Å². The third-order valence-corrected chi connectivity index (χ3v) is 5.78. The molecular weight excluding hydrogens is 394 g/mol. The van der Waals surface area contributed by atoms with Crippen LogP contribution >= 0.6 is 0 Å². The number of carbonyl (C=O) groups is 2. The van der Waals surface area contributed by atoms with Crippen LogP contribution in [0, 0.1) is 20.8 Å². The first-order valence-electron chi connectivity index (χ1n) is 10.7. The van der Waals surface area contributed by atoms with Crippen LogP contribution in [0.1, 0.15) is 16.7 Å². The predicted octanol–water partition coefficient (Wildman–Crippen LogP) is 2.53. The maximum absolute atomic E-state index is 12.9. The van der Waals surface area contributed by atoms with Crippen molar-refractivity contribution < 1.29 is 19.1 Å². The van der Waals surface area contributed by atoms with E-state index >= 15 is 0 Å². The Bertz CT molecular complexity index is 960. The lowest BCUT2D eigenvalue weighted by atomic mass is 10.1. The molecule has 2 aromatic carbocycles. The number of amides is 2. The van der Waals surface area contributed by atoms with Gasteiger partial charge in [-0.3, -0.25) is 14.5 Å². The largest absolute Gasteiger partial charge is 0.485 e. The summed E-state index contributed by atoms with van der Waals surface area (Å²) >= 11 is 0. The van der Waals surface area contributed by atoms with Crippen LogP contribution in [-0.4, -0.2) is 67.0 Å². The summed E-state index contributed by atoms with van der Waals surface area (Å²) in [5, 5.41) is 3.05. The molecule has 2 aromatic rings. The lowest BCUT2D eigenvalue weighted by Gasteiger charge is -2.36. The van der Waals surface area contributed by atoms with Crippen molar-refractivity contribution >= 4 is 17.5 Å². The number of benzene rings is 2. The second kappa shape index (κ2) is 8.98. The minimum absolute atomic E-state index is 0.0320. The number of rotatable bonds is 4. The van der Waals surface area contributed by atoms with E-state index in [9.17, 15) is 9.59 Å². The lowest BCUT2D eigenvalue weighted by molar-refractivity contribution is -0.143. The molecule has 0 bridgehead atoms. The summed E-state index contributed by atoms with van der Waals surface area (Å²) in [6, 6.07) is 11.5. The van der Waals surface area contributed by atoms with Crippen molar-refractivity contribution in [3.63, 3.8) is 0 Å². The normalized spacial score (nSPS) is 18.5. The van der Waals surface area contributed by atoms with Crippen molar-refractivity contribution in [3.05, 3.63) is 53.1 Å². The van der Waals surface area contributed by atoms with E-state index in [0.717, 1.165) is 16.8 Å². The van der Waals surface area contributed by atoms with Gasteiger partial charge in [0.25, 0.3) is 5.91 Å². The lowest BCUT2D eigenvalue weighted by Crippen LogP contribution is -2.54. The molecule has 0 saturated carbocycles. The highest BCUT2D eigenvalue weighted by molar-refractivity contribution is 5.93. The molecule has 1 N–H and O–H groups in total. The maximum Gasteiger partial charge on any atom is 0.267 e. The Labute approximate surface area is 182 Å². The van der Waals surface area contributed by atoms with Crippen molar-refractivity contribution in [2.45, 2.75) is 26.9 Å². The number of carbonyl (C=O) groups excluding carboxylic acids is 2. The molecule has 1 unspecified atom stereocenters. The summed E-state index contributed by atoms with van der Waals surface area (Å²) in [6.07, 6.45) is -0.628. The Balaban J connectivity index is 1.27. The van der Waals surface area contributed by atoms with E-state index in [0.29, 0.717) is 44.2 Å². The predicted molar refractivity (Wildman–Crippen MR) is 119 cm³/mol. The van der Waals surface area contributed by atoms with E-state index in [1.54, 1.807) is 4.90 Å². The van der Waals surface area contributed by atoms with Crippen LogP contribution < -0.4 is 14.8 Å². The van der Waals surface area contributed by atoms with Gasteiger partial charge < -0.3 is 19.7 Å². The van der Waals surface area contributed by atoms with Crippen molar-refractivity contribution in [2.24, 2.45) is 0 Å². The molecule has 0 aromatic heterocycles. The number of aryl methyl sites for hydroxylation is 3. The molecule has 31 heavy (non-hydrogen) atoms. The Hall–Kier alpha value is -3.06. The number of anilines is 1. The summed E-state index contributed by atoms with van der Waals surface area (Å²) in [7, 11) is 0. The maximum atomic E-state index is 12.9. The molecule has 164 valence electrons. The van der Waals surface area contributed by atoms with Gasteiger partial charge in [0.1, 0.15) is 6.61 Å². The van der Waals surface area contributed by atoms with Crippen LogP contribution in [0.4, 0.5) is 5.69 Å². The van der Waals surface area contributed by atoms with Gasteiger partial charge in [-0.1, -0.05) is 29.8 Å². The third kappa shape index (κ3) is 4.82. The highest BCUT2D eigenvalue weighted by Crippen LogP contribution is 2.31. The van der Waals surface area contributed by atoms with E-state index in [4.69, 9.17) is 9.47 Å². The van der Waals surface area contributed by atoms with Crippen molar-refractivity contribution in [1.82, 2.24) is 9.80 Å². The molecule has 2 aliphatic rings. The average molecular weight is 424 g/mol. The van der Waals surface area contributed by atoms with Crippen LogP contribution in [0.3, 0.4) is 0 Å². The third-order valence-electron chi connectivity index (χ3n) is 5.78. The molecule has 2 aliphatic heterocycles. The molecule has 1 atom stereocenters. The monoisotopic (exact) mass is 423 g/mol. The van der Waals surface area contributed by atoms with Crippen LogP contribution in [-0.2, 0) is 9.59 Å². The molecule has 1 fully saturated rings. The molecule has 0 radical (unpaired) electrons.